The van der Waals surface area contributed by atoms with Gasteiger partial charge in [-0.3, -0.25) is 0 Å². The molecule has 0 bridgehead atoms. The third-order valence-corrected chi connectivity index (χ3v) is 3.47. The summed E-state index contributed by atoms with van der Waals surface area (Å²) in [6.45, 7) is 4.90. The monoisotopic (exact) mass is 245 g/mol. The molecular formula is C11H16ClNOS. The molecule has 0 saturated heterocycles. The lowest BCUT2D eigenvalue weighted by Crippen LogP contribution is -2.01. The Hall–Kier alpha value is -0.410. The fourth-order valence-corrected chi connectivity index (χ4v) is 2.01. The van der Waals surface area contributed by atoms with Gasteiger partial charge in [-0.1, -0.05) is 25.6 Å². The van der Waals surface area contributed by atoms with E-state index in [1.807, 2.05) is 12.1 Å². The fourth-order valence-electron chi connectivity index (χ4n) is 1.01. The zero-order valence-electron chi connectivity index (χ0n) is 9.07. The summed E-state index contributed by atoms with van der Waals surface area (Å²) in [5, 5.41) is 1.28. The maximum Gasteiger partial charge on any atom is 0.151 e. The van der Waals surface area contributed by atoms with E-state index in [2.05, 4.69) is 18.8 Å². The van der Waals surface area contributed by atoms with Gasteiger partial charge in [0.05, 0.1) is 6.61 Å². The normalized spacial score (nSPS) is 12.5. The Balaban J connectivity index is 2.67. The molecule has 1 aromatic heterocycles. The summed E-state index contributed by atoms with van der Waals surface area (Å²) in [5.74, 6) is 1.48. The van der Waals surface area contributed by atoms with Crippen LogP contribution in [0.5, 0.6) is 5.75 Å². The van der Waals surface area contributed by atoms with Crippen LogP contribution < -0.4 is 4.74 Å². The molecule has 0 N–H and O–H groups in total. The highest BCUT2D eigenvalue weighted by atomic mass is 35.5. The van der Waals surface area contributed by atoms with E-state index in [1.165, 1.54) is 0 Å². The van der Waals surface area contributed by atoms with Gasteiger partial charge in [0.15, 0.2) is 5.75 Å². The minimum atomic E-state index is 0.352. The molecule has 0 fully saturated rings. The van der Waals surface area contributed by atoms with Crippen LogP contribution in [0.15, 0.2) is 23.4 Å². The van der Waals surface area contributed by atoms with E-state index < -0.39 is 0 Å². The van der Waals surface area contributed by atoms with Crippen LogP contribution in [0, 0.1) is 0 Å². The van der Waals surface area contributed by atoms with E-state index in [0.29, 0.717) is 11.1 Å². The highest BCUT2D eigenvalue weighted by molar-refractivity contribution is 8.00. The zero-order chi connectivity index (χ0) is 11.1. The minimum Gasteiger partial charge on any atom is -0.491 e. The summed E-state index contributed by atoms with van der Waals surface area (Å²) in [7, 11) is 0. The lowest BCUT2D eigenvalue weighted by atomic mass is 10.4. The average molecular weight is 246 g/mol. The number of rotatable bonds is 6. The number of pyridine rings is 1. The molecule has 0 aliphatic rings. The van der Waals surface area contributed by atoms with Crippen LogP contribution in [0.25, 0.3) is 0 Å². The number of ether oxygens (including phenoxy) is 1. The van der Waals surface area contributed by atoms with Crippen molar-refractivity contribution in [1.82, 2.24) is 4.98 Å². The van der Waals surface area contributed by atoms with Gasteiger partial charge in [0, 0.05) is 17.3 Å². The van der Waals surface area contributed by atoms with Gasteiger partial charge in [0.25, 0.3) is 0 Å². The van der Waals surface area contributed by atoms with E-state index in [9.17, 15) is 0 Å². The first kappa shape index (κ1) is 12.7. The highest BCUT2D eigenvalue weighted by Gasteiger charge is 2.09. The molecule has 15 heavy (non-hydrogen) atoms. The Morgan fingerprint density at radius 1 is 1.60 bits per heavy atom. The second-order valence-corrected chi connectivity index (χ2v) is 4.97. The molecule has 2 nitrogen and oxygen atoms in total. The number of nitrogens with zero attached hydrogens (tertiary/aromatic N) is 1. The van der Waals surface area contributed by atoms with Crippen LogP contribution in [-0.2, 0) is 0 Å². The molecule has 0 radical (unpaired) electrons. The maximum atomic E-state index is 5.77. The maximum absolute atomic E-state index is 5.77. The Morgan fingerprint density at radius 3 is 3.07 bits per heavy atom. The molecule has 84 valence electrons. The Kier molecular flexibility index (Phi) is 5.88. The Bertz CT molecular complexity index is 296. The van der Waals surface area contributed by atoms with Crippen LogP contribution in [0.4, 0.5) is 0 Å². The van der Waals surface area contributed by atoms with Gasteiger partial charge in [-0.2, -0.15) is 0 Å². The van der Waals surface area contributed by atoms with Crippen LogP contribution in [0.1, 0.15) is 20.3 Å². The van der Waals surface area contributed by atoms with Crippen molar-refractivity contribution in [2.75, 3.05) is 12.5 Å². The number of aromatic nitrogens is 1. The average Bonchev–Trinajstić information content (AvgIpc) is 2.28. The first-order chi connectivity index (χ1) is 7.27. The summed E-state index contributed by atoms with van der Waals surface area (Å²) in [6, 6.07) is 3.84. The first-order valence-corrected chi connectivity index (χ1v) is 6.49. The highest BCUT2D eigenvalue weighted by Crippen LogP contribution is 2.30. The van der Waals surface area contributed by atoms with Crippen LogP contribution in [-0.4, -0.2) is 22.7 Å². The topological polar surface area (TPSA) is 22.1 Å². The van der Waals surface area contributed by atoms with Crippen LogP contribution >= 0.6 is 23.4 Å². The molecule has 1 rings (SSSR count). The van der Waals surface area contributed by atoms with Gasteiger partial charge in [0.2, 0.25) is 0 Å². The predicted molar refractivity (Wildman–Crippen MR) is 66.1 cm³/mol. The van der Waals surface area contributed by atoms with Crippen molar-refractivity contribution in [3.8, 4) is 5.75 Å². The van der Waals surface area contributed by atoms with Gasteiger partial charge < -0.3 is 4.74 Å². The van der Waals surface area contributed by atoms with Crippen molar-refractivity contribution < 1.29 is 4.74 Å². The summed E-state index contributed by atoms with van der Waals surface area (Å²) in [6.07, 6.45) is 2.78. The first-order valence-electron chi connectivity index (χ1n) is 5.08. The quantitative estimate of drug-likeness (QED) is 0.565. The third kappa shape index (κ3) is 4.31. The van der Waals surface area contributed by atoms with Gasteiger partial charge in [0.1, 0.15) is 5.03 Å². The van der Waals surface area contributed by atoms with Gasteiger partial charge in [-0.05, 0) is 18.6 Å². The molecule has 4 heteroatoms. The molecule has 1 heterocycles. The Labute approximate surface area is 100 Å². The van der Waals surface area contributed by atoms with E-state index in [0.717, 1.165) is 23.8 Å². The van der Waals surface area contributed by atoms with Crippen LogP contribution in [0.2, 0.25) is 0 Å². The molecule has 1 aromatic rings. The Morgan fingerprint density at radius 2 is 2.40 bits per heavy atom. The number of hydrogen-bond donors (Lipinski definition) is 0. The van der Waals surface area contributed by atoms with Crippen molar-refractivity contribution in [2.45, 2.75) is 30.5 Å². The summed E-state index contributed by atoms with van der Waals surface area (Å²) in [4.78, 5) is 4.30. The molecule has 0 aliphatic heterocycles. The third-order valence-electron chi connectivity index (χ3n) is 1.73. The van der Waals surface area contributed by atoms with Crippen molar-refractivity contribution in [3.63, 3.8) is 0 Å². The van der Waals surface area contributed by atoms with E-state index in [-0.39, 0.29) is 0 Å². The molecule has 0 aliphatic carbocycles. The lowest BCUT2D eigenvalue weighted by molar-refractivity contribution is 0.307. The van der Waals surface area contributed by atoms with E-state index >= 15 is 0 Å². The number of hydrogen-bond acceptors (Lipinski definition) is 3. The standard InChI is InChI=1S/C11H16ClNOS/c1-3-7-14-10-5-4-6-13-11(10)15-9(2)8-12/h4-6,9H,3,7-8H2,1-2H3. The van der Waals surface area contributed by atoms with E-state index in [1.54, 1.807) is 18.0 Å². The van der Waals surface area contributed by atoms with Crippen molar-refractivity contribution in [3.05, 3.63) is 18.3 Å². The number of alkyl halides is 1. The zero-order valence-corrected chi connectivity index (χ0v) is 10.6. The number of thioether (sulfide) groups is 1. The smallest absolute Gasteiger partial charge is 0.151 e. The molecule has 1 atom stereocenters. The molecular weight excluding hydrogens is 230 g/mol. The van der Waals surface area contributed by atoms with Crippen molar-refractivity contribution in [1.29, 1.82) is 0 Å². The van der Waals surface area contributed by atoms with Crippen LogP contribution in [0.3, 0.4) is 0 Å². The number of halogens is 1. The fraction of sp³-hybridized carbons (Fsp3) is 0.545. The molecule has 0 spiro atoms. The second-order valence-electron chi connectivity index (χ2n) is 3.24. The van der Waals surface area contributed by atoms with Gasteiger partial charge in [-0.25, -0.2) is 4.98 Å². The summed E-state index contributed by atoms with van der Waals surface area (Å²) in [5.41, 5.74) is 0. The molecule has 0 saturated carbocycles. The summed E-state index contributed by atoms with van der Waals surface area (Å²) < 4.78 is 5.61. The summed E-state index contributed by atoms with van der Waals surface area (Å²) >= 11 is 7.42. The second kappa shape index (κ2) is 6.96. The SMILES string of the molecule is CCCOc1cccnc1SC(C)CCl. The van der Waals surface area contributed by atoms with E-state index in [4.69, 9.17) is 16.3 Å². The predicted octanol–water partition coefficient (Wildman–Crippen LogP) is 3.59. The molecule has 0 aromatic carbocycles. The largest absolute Gasteiger partial charge is 0.491 e. The van der Waals surface area contributed by atoms with Gasteiger partial charge in [-0.15, -0.1) is 11.6 Å². The van der Waals surface area contributed by atoms with Gasteiger partial charge >= 0.3 is 0 Å². The lowest BCUT2D eigenvalue weighted by Gasteiger charge is -2.11. The molecule has 0 amide bonds. The molecule has 1 unspecified atom stereocenters. The van der Waals surface area contributed by atoms with Crippen molar-refractivity contribution in [2.24, 2.45) is 0 Å². The van der Waals surface area contributed by atoms with Crippen molar-refractivity contribution >= 4 is 23.4 Å². The minimum absolute atomic E-state index is 0.352.